The number of halogens is 3. The number of hydrogen-bond acceptors (Lipinski definition) is 3. The van der Waals surface area contributed by atoms with Gasteiger partial charge in [0.05, 0.1) is 5.02 Å². The van der Waals surface area contributed by atoms with Gasteiger partial charge < -0.3 is 16.4 Å². The van der Waals surface area contributed by atoms with Crippen LogP contribution in [0.5, 0.6) is 0 Å². The maximum absolute atomic E-state index is 13.5. The number of carbonyl (C=O) groups is 2. The molecule has 29 heavy (non-hydrogen) atoms. The van der Waals surface area contributed by atoms with E-state index in [9.17, 15) is 14.0 Å². The Labute approximate surface area is 178 Å². The third-order valence-corrected chi connectivity index (χ3v) is 5.57. The van der Waals surface area contributed by atoms with E-state index in [0.717, 1.165) is 17.2 Å². The van der Waals surface area contributed by atoms with Crippen molar-refractivity contribution in [3.05, 3.63) is 63.4 Å². The molecule has 0 aliphatic heterocycles. The van der Waals surface area contributed by atoms with E-state index in [1.54, 1.807) is 6.07 Å². The van der Waals surface area contributed by atoms with E-state index >= 15 is 0 Å². The van der Waals surface area contributed by atoms with Crippen LogP contribution in [0.4, 0.5) is 10.1 Å². The van der Waals surface area contributed by atoms with Crippen molar-refractivity contribution in [2.45, 2.75) is 44.2 Å². The van der Waals surface area contributed by atoms with Gasteiger partial charge in [0.2, 0.25) is 0 Å². The van der Waals surface area contributed by atoms with Gasteiger partial charge in [0.25, 0.3) is 0 Å². The lowest BCUT2D eigenvalue weighted by atomic mass is 9.85. The second-order valence-corrected chi connectivity index (χ2v) is 8.79. The van der Waals surface area contributed by atoms with Crippen LogP contribution in [-0.2, 0) is 16.0 Å². The van der Waals surface area contributed by atoms with Gasteiger partial charge in [-0.2, -0.15) is 0 Å². The lowest BCUT2D eigenvalue weighted by molar-refractivity contribution is -0.136. The molecule has 2 unspecified atom stereocenters. The molecule has 1 aliphatic carbocycles. The number of anilines is 1. The highest BCUT2D eigenvalue weighted by atomic mass is 35.5. The van der Waals surface area contributed by atoms with Crippen molar-refractivity contribution in [1.82, 2.24) is 5.32 Å². The lowest BCUT2D eigenvalue weighted by Gasteiger charge is -2.28. The fourth-order valence-electron chi connectivity index (χ4n) is 3.68. The average Bonchev–Trinajstić information content (AvgIpc) is 2.95. The average molecular weight is 438 g/mol. The minimum Gasteiger partial charge on any atom is -0.344 e. The largest absolute Gasteiger partial charge is 0.344 e. The summed E-state index contributed by atoms with van der Waals surface area (Å²) in [6, 6.07) is 9.09. The van der Waals surface area contributed by atoms with Crippen molar-refractivity contribution in [2.75, 3.05) is 5.32 Å². The lowest BCUT2D eigenvalue weighted by Crippen LogP contribution is -2.46. The summed E-state index contributed by atoms with van der Waals surface area (Å²) in [6.07, 6.45) is 1.11. The zero-order valence-corrected chi connectivity index (χ0v) is 17.6. The van der Waals surface area contributed by atoms with E-state index in [4.69, 9.17) is 28.9 Å². The summed E-state index contributed by atoms with van der Waals surface area (Å²) < 4.78 is 13.5. The smallest absolute Gasteiger partial charge is 0.313 e. The molecule has 3 rings (SSSR count). The van der Waals surface area contributed by atoms with Gasteiger partial charge in [-0.05, 0) is 62.1 Å². The first-order valence-electron chi connectivity index (χ1n) is 9.18. The van der Waals surface area contributed by atoms with E-state index < -0.39 is 23.2 Å². The second kappa shape index (κ2) is 8.30. The second-order valence-electron chi connectivity index (χ2n) is 7.97. The van der Waals surface area contributed by atoms with Crippen LogP contribution in [0.3, 0.4) is 0 Å². The van der Waals surface area contributed by atoms with Gasteiger partial charge in [-0.25, -0.2) is 4.39 Å². The van der Waals surface area contributed by atoms with Gasteiger partial charge in [-0.1, -0.05) is 35.3 Å². The molecular weight excluding hydrogens is 416 g/mol. The predicted molar refractivity (Wildman–Crippen MR) is 113 cm³/mol. The third kappa shape index (κ3) is 5.07. The van der Waals surface area contributed by atoms with Gasteiger partial charge in [0.15, 0.2) is 0 Å². The molecule has 8 heteroatoms. The quantitative estimate of drug-likeness (QED) is 0.631. The fourth-order valence-corrected chi connectivity index (χ4v) is 4.06. The van der Waals surface area contributed by atoms with Gasteiger partial charge in [-0.15, -0.1) is 0 Å². The first-order chi connectivity index (χ1) is 13.5. The summed E-state index contributed by atoms with van der Waals surface area (Å²) in [4.78, 5) is 24.8. The highest BCUT2D eigenvalue weighted by molar-refractivity contribution is 6.39. The topological polar surface area (TPSA) is 84.2 Å². The number of nitrogens with two attached hydrogens (primary N) is 1. The molecule has 0 aromatic heterocycles. The van der Waals surface area contributed by atoms with Gasteiger partial charge in [0, 0.05) is 28.2 Å². The normalized spacial score (nSPS) is 18.3. The molecule has 154 valence electrons. The van der Waals surface area contributed by atoms with Crippen molar-refractivity contribution in [2.24, 2.45) is 5.73 Å². The third-order valence-electron chi connectivity index (χ3n) is 4.91. The minimum atomic E-state index is -0.889. The van der Waals surface area contributed by atoms with Crippen molar-refractivity contribution in [3.8, 4) is 0 Å². The molecule has 0 fully saturated rings. The summed E-state index contributed by atoms with van der Waals surface area (Å²) >= 11 is 12.0. The highest BCUT2D eigenvalue weighted by Crippen LogP contribution is 2.41. The molecule has 4 N–H and O–H groups in total. The van der Waals surface area contributed by atoms with E-state index in [1.807, 2.05) is 26.0 Å². The number of carbonyl (C=O) groups excluding carboxylic acids is 2. The Morgan fingerprint density at radius 3 is 2.55 bits per heavy atom. The van der Waals surface area contributed by atoms with Crippen LogP contribution in [0.2, 0.25) is 10.0 Å². The highest BCUT2D eigenvalue weighted by Gasteiger charge is 2.37. The molecule has 0 heterocycles. The molecule has 1 aliphatic rings. The summed E-state index contributed by atoms with van der Waals surface area (Å²) in [7, 11) is 0. The summed E-state index contributed by atoms with van der Waals surface area (Å²) in [5, 5.41) is 5.72. The Morgan fingerprint density at radius 1 is 1.17 bits per heavy atom. The number of rotatable bonds is 4. The Morgan fingerprint density at radius 2 is 1.90 bits per heavy atom. The molecule has 0 spiro atoms. The maximum atomic E-state index is 13.5. The standard InChI is InChI=1S/C21H22Cl2FN3O2/c1-21(2,25)10-14-12-4-3-5-15(22)13(12)9-18(14)27-20(29)19(28)26-11-6-7-16(23)17(24)8-11/h3-8,14,18H,9-10,25H2,1-2H3,(H,26,28)(H,27,29). The van der Waals surface area contributed by atoms with Crippen LogP contribution in [0.25, 0.3) is 0 Å². The summed E-state index contributed by atoms with van der Waals surface area (Å²) in [6.45, 7) is 3.83. The Kier molecular flexibility index (Phi) is 6.17. The summed E-state index contributed by atoms with van der Waals surface area (Å²) in [5.41, 5.74) is 7.87. The van der Waals surface area contributed by atoms with Gasteiger partial charge in [-0.3, -0.25) is 9.59 Å². The van der Waals surface area contributed by atoms with Crippen molar-refractivity contribution in [1.29, 1.82) is 0 Å². The monoisotopic (exact) mass is 437 g/mol. The van der Waals surface area contributed by atoms with Gasteiger partial charge in [0.1, 0.15) is 5.82 Å². The van der Waals surface area contributed by atoms with Crippen LogP contribution >= 0.6 is 23.2 Å². The van der Waals surface area contributed by atoms with Crippen LogP contribution in [0.15, 0.2) is 36.4 Å². The van der Waals surface area contributed by atoms with Crippen molar-refractivity contribution < 1.29 is 14.0 Å². The maximum Gasteiger partial charge on any atom is 0.313 e. The molecule has 2 atom stereocenters. The molecule has 0 bridgehead atoms. The SMILES string of the molecule is CC(C)(N)CC1c2cccc(Cl)c2CC1NC(=O)C(=O)Nc1ccc(Cl)c(F)c1. The molecular formula is C21H22Cl2FN3O2. The Bertz CT molecular complexity index is 959. The zero-order valence-electron chi connectivity index (χ0n) is 16.1. The zero-order chi connectivity index (χ0) is 21.3. The Hall–Kier alpha value is -2.15. The summed E-state index contributed by atoms with van der Waals surface area (Å²) in [5.74, 6) is -2.46. The van der Waals surface area contributed by atoms with E-state index in [2.05, 4.69) is 10.6 Å². The van der Waals surface area contributed by atoms with Crippen LogP contribution in [0.1, 0.15) is 37.3 Å². The van der Waals surface area contributed by atoms with Crippen LogP contribution in [-0.4, -0.2) is 23.4 Å². The van der Waals surface area contributed by atoms with E-state index in [0.29, 0.717) is 17.9 Å². The molecule has 2 aromatic rings. The molecule has 0 radical (unpaired) electrons. The van der Waals surface area contributed by atoms with Crippen molar-refractivity contribution in [3.63, 3.8) is 0 Å². The molecule has 0 saturated carbocycles. The Balaban J connectivity index is 1.75. The first-order valence-corrected chi connectivity index (χ1v) is 9.94. The fraction of sp³-hybridized carbons (Fsp3) is 0.333. The molecule has 5 nitrogen and oxygen atoms in total. The van der Waals surface area contributed by atoms with E-state index in [1.165, 1.54) is 12.1 Å². The number of fused-ring (bicyclic) bond motifs is 1. The number of hydrogen-bond donors (Lipinski definition) is 3. The molecule has 2 aromatic carbocycles. The predicted octanol–water partition coefficient (Wildman–Crippen LogP) is 4.02. The van der Waals surface area contributed by atoms with E-state index in [-0.39, 0.29) is 22.7 Å². The number of nitrogens with one attached hydrogen (secondary N) is 2. The first kappa shape index (κ1) is 21.6. The number of amides is 2. The van der Waals surface area contributed by atoms with Crippen molar-refractivity contribution >= 4 is 40.7 Å². The van der Waals surface area contributed by atoms with Crippen LogP contribution in [0, 0.1) is 5.82 Å². The van der Waals surface area contributed by atoms with Gasteiger partial charge >= 0.3 is 11.8 Å². The van der Waals surface area contributed by atoms with Crippen LogP contribution < -0.4 is 16.4 Å². The minimum absolute atomic E-state index is 0.0692. The molecule has 2 amide bonds. The molecule has 0 saturated heterocycles. The number of benzene rings is 2.